The standard InChI is InChI=1S/C10H11NS/c1-6-7(2)9-4-5-12-10(9)11-8(6)3/h4-5H,1-3H3. The lowest BCUT2D eigenvalue weighted by atomic mass is 10.1. The molecule has 0 saturated carbocycles. The van der Waals surface area contributed by atoms with Gasteiger partial charge in [0.15, 0.2) is 0 Å². The van der Waals surface area contributed by atoms with Gasteiger partial charge in [0.05, 0.1) is 0 Å². The van der Waals surface area contributed by atoms with E-state index in [1.165, 1.54) is 16.5 Å². The Morgan fingerprint density at radius 1 is 1.17 bits per heavy atom. The summed E-state index contributed by atoms with van der Waals surface area (Å²) in [5.74, 6) is 0. The highest BCUT2D eigenvalue weighted by Gasteiger charge is 2.05. The highest BCUT2D eigenvalue weighted by Crippen LogP contribution is 2.25. The van der Waals surface area contributed by atoms with Gasteiger partial charge in [-0.25, -0.2) is 4.98 Å². The summed E-state index contributed by atoms with van der Waals surface area (Å²) in [5, 5.41) is 3.41. The predicted molar refractivity (Wildman–Crippen MR) is 53.8 cm³/mol. The van der Waals surface area contributed by atoms with Crippen LogP contribution in [0.4, 0.5) is 0 Å². The van der Waals surface area contributed by atoms with Crippen molar-refractivity contribution in [2.45, 2.75) is 20.8 Å². The first kappa shape index (κ1) is 7.74. The van der Waals surface area contributed by atoms with E-state index in [0.717, 1.165) is 10.5 Å². The van der Waals surface area contributed by atoms with E-state index in [1.54, 1.807) is 11.3 Å². The number of hydrogen-bond donors (Lipinski definition) is 0. The average Bonchev–Trinajstić information content (AvgIpc) is 2.48. The summed E-state index contributed by atoms with van der Waals surface area (Å²) in [4.78, 5) is 5.68. The van der Waals surface area contributed by atoms with Gasteiger partial charge in [-0.3, -0.25) is 0 Å². The van der Waals surface area contributed by atoms with Crippen LogP contribution >= 0.6 is 11.3 Å². The molecule has 0 unspecified atom stereocenters. The zero-order valence-corrected chi connectivity index (χ0v) is 8.33. The van der Waals surface area contributed by atoms with Crippen LogP contribution in [0.15, 0.2) is 11.4 Å². The number of aryl methyl sites for hydroxylation is 2. The lowest BCUT2D eigenvalue weighted by Gasteiger charge is -2.03. The number of thiophene rings is 1. The molecule has 0 bridgehead atoms. The molecule has 12 heavy (non-hydrogen) atoms. The Morgan fingerprint density at radius 3 is 2.67 bits per heavy atom. The van der Waals surface area contributed by atoms with Gasteiger partial charge in [0, 0.05) is 11.1 Å². The van der Waals surface area contributed by atoms with Crippen LogP contribution in [-0.4, -0.2) is 4.98 Å². The lowest BCUT2D eigenvalue weighted by Crippen LogP contribution is -1.90. The summed E-state index contributed by atoms with van der Waals surface area (Å²) in [5.41, 5.74) is 3.85. The SMILES string of the molecule is Cc1nc2sccc2c(C)c1C. The van der Waals surface area contributed by atoms with Gasteiger partial charge in [-0.2, -0.15) is 0 Å². The van der Waals surface area contributed by atoms with Gasteiger partial charge in [0.1, 0.15) is 4.83 Å². The zero-order chi connectivity index (χ0) is 8.72. The van der Waals surface area contributed by atoms with Crippen LogP contribution in [0.25, 0.3) is 10.2 Å². The minimum atomic E-state index is 1.16. The minimum absolute atomic E-state index is 1.16. The van der Waals surface area contributed by atoms with Gasteiger partial charge < -0.3 is 0 Å². The molecule has 2 rings (SSSR count). The number of pyridine rings is 1. The van der Waals surface area contributed by atoms with Gasteiger partial charge in [-0.05, 0) is 43.3 Å². The summed E-state index contributed by atoms with van der Waals surface area (Å²) in [6.07, 6.45) is 0. The van der Waals surface area contributed by atoms with Crippen molar-refractivity contribution in [3.63, 3.8) is 0 Å². The second-order valence-electron chi connectivity index (χ2n) is 3.09. The predicted octanol–water partition coefficient (Wildman–Crippen LogP) is 3.22. The molecule has 0 fully saturated rings. The van der Waals surface area contributed by atoms with Crippen LogP contribution in [-0.2, 0) is 0 Å². The molecule has 2 aromatic heterocycles. The number of fused-ring (bicyclic) bond motifs is 1. The first-order valence-electron chi connectivity index (χ1n) is 4.01. The number of hydrogen-bond acceptors (Lipinski definition) is 2. The molecule has 0 aliphatic heterocycles. The Balaban J connectivity index is 2.94. The monoisotopic (exact) mass is 177 g/mol. The summed E-state index contributed by atoms with van der Waals surface area (Å²) < 4.78 is 0. The van der Waals surface area contributed by atoms with Gasteiger partial charge >= 0.3 is 0 Å². The topological polar surface area (TPSA) is 12.9 Å². The molecule has 2 heteroatoms. The van der Waals surface area contributed by atoms with Crippen molar-refractivity contribution in [1.82, 2.24) is 4.98 Å². The molecule has 2 heterocycles. The molecular weight excluding hydrogens is 166 g/mol. The molecule has 0 aliphatic rings. The van der Waals surface area contributed by atoms with Crippen LogP contribution in [0.1, 0.15) is 16.8 Å². The molecular formula is C10H11NS. The van der Waals surface area contributed by atoms with E-state index < -0.39 is 0 Å². The minimum Gasteiger partial charge on any atom is -0.242 e. The Hall–Kier alpha value is -0.890. The van der Waals surface area contributed by atoms with E-state index in [1.807, 2.05) is 0 Å². The molecule has 0 spiro atoms. The lowest BCUT2D eigenvalue weighted by molar-refractivity contribution is 1.18. The van der Waals surface area contributed by atoms with Crippen LogP contribution in [0.3, 0.4) is 0 Å². The van der Waals surface area contributed by atoms with Crippen molar-refractivity contribution in [3.8, 4) is 0 Å². The molecule has 0 radical (unpaired) electrons. The first-order valence-corrected chi connectivity index (χ1v) is 4.89. The van der Waals surface area contributed by atoms with Gasteiger partial charge in [0.2, 0.25) is 0 Å². The fourth-order valence-electron chi connectivity index (χ4n) is 1.38. The highest BCUT2D eigenvalue weighted by molar-refractivity contribution is 7.16. The molecule has 0 aromatic carbocycles. The first-order chi connectivity index (χ1) is 5.70. The second kappa shape index (κ2) is 2.56. The quantitative estimate of drug-likeness (QED) is 0.602. The smallest absolute Gasteiger partial charge is 0.123 e. The Morgan fingerprint density at radius 2 is 1.92 bits per heavy atom. The third-order valence-corrected chi connectivity index (χ3v) is 3.23. The van der Waals surface area contributed by atoms with E-state index in [-0.39, 0.29) is 0 Å². The molecule has 0 aliphatic carbocycles. The largest absolute Gasteiger partial charge is 0.242 e. The Bertz CT molecular complexity index is 429. The van der Waals surface area contributed by atoms with Gasteiger partial charge in [-0.1, -0.05) is 0 Å². The number of aromatic nitrogens is 1. The van der Waals surface area contributed by atoms with E-state index in [0.29, 0.717) is 0 Å². The van der Waals surface area contributed by atoms with Crippen LogP contribution in [0, 0.1) is 20.8 Å². The number of nitrogens with zero attached hydrogens (tertiary/aromatic N) is 1. The third kappa shape index (κ3) is 0.950. The fraction of sp³-hybridized carbons (Fsp3) is 0.300. The Kier molecular flexibility index (Phi) is 1.65. The third-order valence-electron chi connectivity index (χ3n) is 2.42. The second-order valence-corrected chi connectivity index (χ2v) is 3.98. The van der Waals surface area contributed by atoms with Crippen molar-refractivity contribution in [2.75, 3.05) is 0 Å². The van der Waals surface area contributed by atoms with Crippen molar-refractivity contribution in [1.29, 1.82) is 0 Å². The highest BCUT2D eigenvalue weighted by atomic mass is 32.1. The fourth-order valence-corrected chi connectivity index (χ4v) is 2.25. The zero-order valence-electron chi connectivity index (χ0n) is 7.51. The van der Waals surface area contributed by atoms with Crippen LogP contribution in [0.2, 0.25) is 0 Å². The maximum atomic E-state index is 4.51. The van der Waals surface area contributed by atoms with Crippen LogP contribution in [0.5, 0.6) is 0 Å². The van der Waals surface area contributed by atoms with Crippen molar-refractivity contribution in [3.05, 3.63) is 28.3 Å². The summed E-state index contributed by atoms with van der Waals surface area (Å²) in [7, 11) is 0. The maximum Gasteiger partial charge on any atom is 0.123 e. The Labute approximate surface area is 76.1 Å². The molecule has 0 amide bonds. The summed E-state index contributed by atoms with van der Waals surface area (Å²) in [6, 6.07) is 2.15. The van der Waals surface area contributed by atoms with E-state index in [2.05, 4.69) is 37.2 Å². The summed E-state index contributed by atoms with van der Waals surface area (Å²) >= 11 is 1.71. The van der Waals surface area contributed by atoms with E-state index in [4.69, 9.17) is 0 Å². The molecule has 62 valence electrons. The molecule has 0 N–H and O–H groups in total. The summed E-state index contributed by atoms with van der Waals surface area (Å²) in [6.45, 7) is 6.37. The van der Waals surface area contributed by atoms with Crippen molar-refractivity contribution in [2.24, 2.45) is 0 Å². The van der Waals surface area contributed by atoms with Gasteiger partial charge in [-0.15, -0.1) is 11.3 Å². The average molecular weight is 177 g/mol. The number of rotatable bonds is 0. The van der Waals surface area contributed by atoms with E-state index in [9.17, 15) is 0 Å². The molecule has 0 atom stereocenters. The van der Waals surface area contributed by atoms with Crippen molar-refractivity contribution < 1.29 is 0 Å². The molecule has 1 nitrogen and oxygen atoms in total. The van der Waals surface area contributed by atoms with E-state index >= 15 is 0 Å². The normalized spacial score (nSPS) is 10.9. The molecule has 0 saturated heterocycles. The maximum absolute atomic E-state index is 4.51. The molecule has 2 aromatic rings. The van der Waals surface area contributed by atoms with Gasteiger partial charge in [0.25, 0.3) is 0 Å². The van der Waals surface area contributed by atoms with Crippen LogP contribution < -0.4 is 0 Å². The van der Waals surface area contributed by atoms with Crippen molar-refractivity contribution >= 4 is 21.6 Å².